The van der Waals surface area contributed by atoms with Crippen LogP contribution in [0.15, 0.2) is 66.7 Å². The van der Waals surface area contributed by atoms with E-state index in [1.54, 1.807) is 0 Å². The largest absolute Gasteiger partial charge is 0.454 e. The van der Waals surface area contributed by atoms with Crippen LogP contribution in [0.25, 0.3) is 0 Å². The van der Waals surface area contributed by atoms with Gasteiger partial charge >= 0.3 is 0 Å². The molecule has 0 saturated carbocycles. The molecular weight excluding hydrogens is 380 g/mol. The van der Waals surface area contributed by atoms with Crippen LogP contribution in [0.3, 0.4) is 0 Å². The second-order valence-electron chi connectivity index (χ2n) is 7.43. The van der Waals surface area contributed by atoms with E-state index in [4.69, 9.17) is 9.47 Å². The van der Waals surface area contributed by atoms with Crippen LogP contribution in [-0.4, -0.2) is 6.79 Å². The second-order valence-corrected chi connectivity index (χ2v) is 7.43. The third kappa shape index (κ3) is 10.2. The first kappa shape index (κ1) is 26.3. The average Bonchev–Trinajstić information content (AvgIpc) is 3.26. The Morgan fingerprint density at radius 3 is 1.77 bits per heavy atom. The first-order valence-electron chi connectivity index (χ1n) is 11.5. The van der Waals surface area contributed by atoms with Crippen LogP contribution in [0.1, 0.15) is 61.9 Å². The summed E-state index contributed by atoms with van der Waals surface area (Å²) < 4.78 is 10.3. The lowest BCUT2D eigenvalue weighted by Crippen LogP contribution is -1.92. The SMILES string of the molecule is CC.CCCc1cccc(CC)c1.Cc1ccc(C)cc1.Cc1ccc2c(c1)OCO2. The number of fused-ring (bicyclic) bond motifs is 1. The molecule has 0 atom stereocenters. The lowest BCUT2D eigenvalue weighted by molar-refractivity contribution is 0.174. The van der Waals surface area contributed by atoms with Crippen LogP contribution < -0.4 is 9.47 Å². The van der Waals surface area contributed by atoms with Gasteiger partial charge in [-0.05, 0) is 62.4 Å². The van der Waals surface area contributed by atoms with E-state index in [1.807, 2.05) is 39.0 Å². The van der Waals surface area contributed by atoms with Crippen LogP contribution in [-0.2, 0) is 12.8 Å². The van der Waals surface area contributed by atoms with Gasteiger partial charge in [0.05, 0.1) is 0 Å². The Labute approximate surface area is 190 Å². The number of hydrogen-bond acceptors (Lipinski definition) is 2. The Morgan fingerprint density at radius 1 is 0.645 bits per heavy atom. The van der Waals surface area contributed by atoms with Crippen molar-refractivity contribution in [1.82, 2.24) is 0 Å². The molecular formula is C29H40O2. The molecule has 0 saturated heterocycles. The molecule has 2 nitrogen and oxygen atoms in total. The van der Waals surface area contributed by atoms with Crippen molar-refractivity contribution in [3.05, 3.63) is 94.5 Å². The molecule has 0 fully saturated rings. The zero-order valence-electron chi connectivity index (χ0n) is 20.5. The molecule has 1 aliphatic heterocycles. The molecule has 1 heterocycles. The molecule has 168 valence electrons. The highest BCUT2D eigenvalue weighted by Crippen LogP contribution is 2.31. The van der Waals surface area contributed by atoms with Crippen LogP contribution in [0, 0.1) is 20.8 Å². The molecule has 3 aromatic carbocycles. The minimum Gasteiger partial charge on any atom is -0.454 e. The van der Waals surface area contributed by atoms with Crippen molar-refractivity contribution in [3.63, 3.8) is 0 Å². The summed E-state index contributed by atoms with van der Waals surface area (Å²) in [6.45, 7) is 15.0. The molecule has 4 rings (SSSR count). The maximum absolute atomic E-state index is 5.16. The first-order chi connectivity index (χ1) is 15.0. The molecule has 0 N–H and O–H groups in total. The summed E-state index contributed by atoms with van der Waals surface area (Å²) >= 11 is 0. The van der Waals surface area contributed by atoms with Gasteiger partial charge in [-0.1, -0.05) is 99.8 Å². The predicted molar refractivity (Wildman–Crippen MR) is 134 cm³/mol. The highest BCUT2D eigenvalue weighted by Gasteiger charge is 2.11. The summed E-state index contributed by atoms with van der Waals surface area (Å²) in [7, 11) is 0. The maximum atomic E-state index is 5.16. The molecule has 0 amide bonds. The fourth-order valence-electron chi connectivity index (χ4n) is 2.93. The lowest BCUT2D eigenvalue weighted by atomic mass is 10.1. The summed E-state index contributed by atoms with van der Waals surface area (Å²) in [6, 6.07) is 23.3. The maximum Gasteiger partial charge on any atom is 0.231 e. The molecule has 0 bridgehead atoms. The Kier molecular flexibility index (Phi) is 12.8. The van der Waals surface area contributed by atoms with Gasteiger partial charge in [-0.15, -0.1) is 0 Å². The van der Waals surface area contributed by atoms with Crippen LogP contribution in [0.2, 0.25) is 0 Å². The molecule has 3 aromatic rings. The van der Waals surface area contributed by atoms with E-state index >= 15 is 0 Å². The van der Waals surface area contributed by atoms with Crippen molar-refractivity contribution in [2.45, 2.75) is 67.7 Å². The van der Waals surface area contributed by atoms with Crippen molar-refractivity contribution in [2.24, 2.45) is 0 Å². The van der Waals surface area contributed by atoms with Crippen LogP contribution in [0.5, 0.6) is 11.5 Å². The topological polar surface area (TPSA) is 18.5 Å². The van der Waals surface area contributed by atoms with Gasteiger partial charge in [0.25, 0.3) is 0 Å². The van der Waals surface area contributed by atoms with E-state index in [2.05, 4.69) is 76.2 Å². The number of aryl methyl sites for hydroxylation is 5. The summed E-state index contributed by atoms with van der Waals surface area (Å²) in [5, 5.41) is 0. The monoisotopic (exact) mass is 420 g/mol. The van der Waals surface area contributed by atoms with E-state index in [0.29, 0.717) is 6.79 Å². The lowest BCUT2D eigenvalue weighted by Gasteiger charge is -2.00. The Balaban J connectivity index is 0.000000226. The Morgan fingerprint density at radius 2 is 1.19 bits per heavy atom. The zero-order valence-corrected chi connectivity index (χ0v) is 20.5. The van der Waals surface area contributed by atoms with E-state index < -0.39 is 0 Å². The Hall–Kier alpha value is -2.74. The quantitative estimate of drug-likeness (QED) is 0.424. The molecule has 1 aliphatic rings. The van der Waals surface area contributed by atoms with Gasteiger partial charge in [0.15, 0.2) is 11.5 Å². The molecule has 0 radical (unpaired) electrons. The van der Waals surface area contributed by atoms with Crippen LogP contribution >= 0.6 is 0 Å². The van der Waals surface area contributed by atoms with E-state index in [1.165, 1.54) is 40.7 Å². The summed E-state index contributed by atoms with van der Waals surface area (Å²) in [5.41, 5.74) is 6.79. The zero-order chi connectivity index (χ0) is 23.1. The highest BCUT2D eigenvalue weighted by atomic mass is 16.7. The normalized spacial score (nSPS) is 10.5. The fourth-order valence-corrected chi connectivity index (χ4v) is 2.93. The standard InChI is InChI=1S/C11H16.C8H8O2.C8H10.C2H6/c1-3-6-11-8-5-7-10(4-2)9-11;1-6-2-3-7-8(4-6)10-5-9-7;1-7-3-5-8(2)6-4-7;1-2/h5,7-9H,3-4,6H2,1-2H3;2-4H,5H2,1H3;3-6H,1-2H3;1-2H3. The molecule has 2 heteroatoms. The third-order valence-corrected chi connectivity index (χ3v) is 4.68. The van der Waals surface area contributed by atoms with Crippen molar-refractivity contribution >= 4 is 0 Å². The van der Waals surface area contributed by atoms with Gasteiger partial charge in [0.1, 0.15) is 0 Å². The molecule has 31 heavy (non-hydrogen) atoms. The molecule has 0 aromatic heterocycles. The highest BCUT2D eigenvalue weighted by molar-refractivity contribution is 5.43. The van der Waals surface area contributed by atoms with Crippen molar-refractivity contribution in [3.8, 4) is 11.5 Å². The minimum absolute atomic E-state index is 0.360. The summed E-state index contributed by atoms with van der Waals surface area (Å²) in [5.74, 6) is 1.71. The first-order valence-corrected chi connectivity index (χ1v) is 11.5. The van der Waals surface area contributed by atoms with Crippen LogP contribution in [0.4, 0.5) is 0 Å². The van der Waals surface area contributed by atoms with Gasteiger partial charge in [0.2, 0.25) is 6.79 Å². The minimum atomic E-state index is 0.360. The van der Waals surface area contributed by atoms with Gasteiger partial charge in [-0.2, -0.15) is 0 Å². The van der Waals surface area contributed by atoms with E-state index in [-0.39, 0.29) is 0 Å². The van der Waals surface area contributed by atoms with E-state index in [9.17, 15) is 0 Å². The number of ether oxygens (including phenoxy) is 2. The second kappa shape index (κ2) is 15.1. The molecule has 0 unspecified atom stereocenters. The van der Waals surface area contributed by atoms with Crippen molar-refractivity contribution in [1.29, 1.82) is 0 Å². The summed E-state index contributed by atoms with van der Waals surface area (Å²) in [4.78, 5) is 0. The van der Waals surface area contributed by atoms with Gasteiger partial charge in [-0.3, -0.25) is 0 Å². The smallest absolute Gasteiger partial charge is 0.231 e. The van der Waals surface area contributed by atoms with Gasteiger partial charge in [-0.25, -0.2) is 0 Å². The van der Waals surface area contributed by atoms with Crippen molar-refractivity contribution < 1.29 is 9.47 Å². The van der Waals surface area contributed by atoms with Gasteiger partial charge in [0, 0.05) is 0 Å². The molecule has 0 aliphatic carbocycles. The van der Waals surface area contributed by atoms with Crippen molar-refractivity contribution in [2.75, 3.05) is 6.79 Å². The Bertz CT molecular complexity index is 845. The molecule has 0 spiro atoms. The predicted octanol–water partition coefficient (Wildman–Crippen LogP) is 8.25. The fraction of sp³-hybridized carbons (Fsp3) is 0.379. The number of hydrogen-bond donors (Lipinski definition) is 0. The number of rotatable bonds is 3. The summed E-state index contributed by atoms with van der Waals surface area (Å²) in [6.07, 6.45) is 3.61. The average molecular weight is 421 g/mol. The number of benzene rings is 3. The third-order valence-electron chi connectivity index (χ3n) is 4.68. The van der Waals surface area contributed by atoms with E-state index in [0.717, 1.165) is 17.9 Å². The van der Waals surface area contributed by atoms with Gasteiger partial charge < -0.3 is 9.47 Å².